The Hall–Kier alpha value is -1.33. The van der Waals surface area contributed by atoms with Gasteiger partial charge >= 0.3 is 8.80 Å². The van der Waals surface area contributed by atoms with Crippen LogP contribution in [0.25, 0.3) is 0 Å². The predicted molar refractivity (Wildman–Crippen MR) is 121 cm³/mol. The summed E-state index contributed by atoms with van der Waals surface area (Å²) in [6, 6.07) is 8.79. The molecule has 2 bridgehead atoms. The van der Waals surface area contributed by atoms with Crippen LogP contribution in [0, 0.1) is 0 Å². The summed E-state index contributed by atoms with van der Waals surface area (Å²) < 4.78 is 23.5. The van der Waals surface area contributed by atoms with Crippen LogP contribution in [0.4, 0.5) is 0 Å². The Kier molecular flexibility index (Phi) is 10.2. The molecule has 8 nitrogen and oxygen atoms in total. The molecule has 2 N–H and O–H groups in total. The lowest BCUT2D eigenvalue weighted by atomic mass is 10.2. The number of methoxy groups -OCH3 is 1. The highest BCUT2D eigenvalue weighted by Gasteiger charge is 2.43. The van der Waals surface area contributed by atoms with Gasteiger partial charge in [-0.25, -0.2) is 0 Å². The second kappa shape index (κ2) is 13.2. The summed E-state index contributed by atoms with van der Waals surface area (Å²) in [5.74, 6) is 0.850. The van der Waals surface area contributed by atoms with Crippen LogP contribution >= 0.6 is 0 Å². The van der Waals surface area contributed by atoms with Crippen molar-refractivity contribution in [3.8, 4) is 5.75 Å². The second-order valence-electron chi connectivity index (χ2n) is 7.45. The van der Waals surface area contributed by atoms with Crippen LogP contribution in [-0.2, 0) is 13.3 Å². The molecule has 3 heterocycles. The quantitative estimate of drug-likeness (QED) is 0.288. The van der Waals surface area contributed by atoms with Crippen LogP contribution in [-0.4, -0.2) is 99.2 Å². The molecule has 3 saturated heterocycles. The van der Waals surface area contributed by atoms with Crippen molar-refractivity contribution in [3.05, 3.63) is 29.8 Å². The van der Waals surface area contributed by atoms with Crippen molar-refractivity contribution in [1.82, 2.24) is 15.5 Å². The molecule has 0 amide bonds. The van der Waals surface area contributed by atoms with E-state index in [1.807, 2.05) is 30.5 Å². The summed E-state index contributed by atoms with van der Waals surface area (Å²) in [4.78, 5) is 6.81. The van der Waals surface area contributed by atoms with E-state index in [0.717, 1.165) is 96.0 Å². The lowest BCUT2D eigenvalue weighted by Crippen LogP contribution is -2.55. The maximum Gasteiger partial charge on any atom is 0.501 e. The van der Waals surface area contributed by atoms with Gasteiger partial charge in [-0.3, -0.25) is 9.89 Å². The third kappa shape index (κ3) is 7.73. The van der Waals surface area contributed by atoms with Gasteiger partial charge < -0.3 is 28.6 Å². The lowest BCUT2D eigenvalue weighted by molar-refractivity contribution is -0.00849. The van der Waals surface area contributed by atoms with Gasteiger partial charge in [0.2, 0.25) is 0 Å². The average molecular weight is 437 g/mol. The van der Waals surface area contributed by atoms with E-state index in [9.17, 15) is 0 Å². The van der Waals surface area contributed by atoms with Crippen LogP contribution in [0.3, 0.4) is 0 Å². The van der Waals surface area contributed by atoms with Crippen molar-refractivity contribution < 1.29 is 18.0 Å². The minimum absolute atomic E-state index is 0.725. The first-order valence-electron chi connectivity index (χ1n) is 11.0. The Labute approximate surface area is 181 Å². The SMILES string of the molecule is COc1ccccc1C=NCCNCCNCCC[Si]12OCCN(CCO1)CCO2. The van der Waals surface area contributed by atoms with Crippen LogP contribution in [0.15, 0.2) is 29.3 Å². The maximum absolute atomic E-state index is 6.06. The van der Waals surface area contributed by atoms with E-state index < -0.39 is 8.80 Å². The Morgan fingerprint density at radius 1 is 1.00 bits per heavy atom. The molecule has 0 aliphatic carbocycles. The largest absolute Gasteiger partial charge is 0.501 e. The molecule has 0 atom stereocenters. The minimum Gasteiger partial charge on any atom is -0.496 e. The molecule has 1 aromatic rings. The molecular formula is C21H36N4O4Si. The topological polar surface area (TPSA) is 76.6 Å². The third-order valence-corrected chi connectivity index (χ3v) is 8.19. The number of ether oxygens (including phenoxy) is 1. The summed E-state index contributed by atoms with van der Waals surface area (Å²) in [7, 11) is -0.781. The summed E-state index contributed by atoms with van der Waals surface area (Å²) in [6.45, 7) is 9.57. The molecule has 4 rings (SSSR count). The van der Waals surface area contributed by atoms with Gasteiger partial charge in [-0.05, 0) is 25.1 Å². The number of rotatable bonds is 12. The number of nitrogens with zero attached hydrogens (tertiary/aromatic N) is 2. The van der Waals surface area contributed by atoms with E-state index >= 15 is 0 Å². The molecule has 1 aromatic carbocycles. The number of hydrogen-bond acceptors (Lipinski definition) is 8. The van der Waals surface area contributed by atoms with Gasteiger partial charge in [0.1, 0.15) is 5.75 Å². The minimum atomic E-state index is -2.46. The fourth-order valence-corrected chi connectivity index (χ4v) is 6.10. The van der Waals surface area contributed by atoms with Crippen molar-refractivity contribution >= 4 is 15.0 Å². The van der Waals surface area contributed by atoms with Crippen molar-refractivity contribution in [1.29, 1.82) is 0 Å². The first-order chi connectivity index (χ1) is 14.8. The third-order valence-electron chi connectivity index (χ3n) is 5.29. The number of nitrogens with one attached hydrogen (secondary N) is 2. The zero-order valence-corrected chi connectivity index (χ0v) is 19.1. The molecule has 9 heteroatoms. The Balaban J connectivity index is 1.21. The van der Waals surface area contributed by atoms with E-state index in [-0.39, 0.29) is 0 Å². The zero-order valence-electron chi connectivity index (χ0n) is 18.1. The van der Waals surface area contributed by atoms with Gasteiger partial charge in [0.05, 0.1) is 33.5 Å². The zero-order chi connectivity index (χ0) is 20.9. The van der Waals surface area contributed by atoms with Crippen LogP contribution in [0.1, 0.15) is 12.0 Å². The average Bonchev–Trinajstić information content (AvgIpc) is 2.72. The summed E-state index contributed by atoms with van der Waals surface area (Å²) in [6.07, 6.45) is 2.88. The molecule has 3 aliphatic rings. The van der Waals surface area contributed by atoms with Gasteiger partial charge in [0.25, 0.3) is 0 Å². The molecule has 0 aromatic heterocycles. The number of para-hydroxylation sites is 1. The molecule has 168 valence electrons. The van der Waals surface area contributed by atoms with Gasteiger partial charge in [-0.2, -0.15) is 0 Å². The molecular weight excluding hydrogens is 400 g/mol. The summed E-state index contributed by atoms with van der Waals surface area (Å²) >= 11 is 0. The van der Waals surface area contributed by atoms with Crippen LogP contribution < -0.4 is 15.4 Å². The Bertz CT molecular complexity index is 623. The van der Waals surface area contributed by atoms with E-state index in [2.05, 4.69) is 20.5 Å². The molecule has 0 unspecified atom stereocenters. The van der Waals surface area contributed by atoms with Gasteiger partial charge in [-0.1, -0.05) is 12.1 Å². The Morgan fingerprint density at radius 3 is 2.37 bits per heavy atom. The van der Waals surface area contributed by atoms with E-state index in [4.69, 9.17) is 18.0 Å². The standard InChI is InChI=1S/C21H36N4O4Si/c1-26-21-6-3-2-5-20(21)19-24-11-10-23-9-8-22-7-4-18-30-27-15-12-25(13-16-28-30)14-17-29-30/h2-3,5-6,19,22-23H,4,7-18H2,1H3. The van der Waals surface area contributed by atoms with Crippen LogP contribution in [0.5, 0.6) is 5.75 Å². The summed E-state index contributed by atoms with van der Waals surface area (Å²) in [5, 5.41) is 6.90. The first-order valence-corrected chi connectivity index (χ1v) is 12.9. The molecule has 0 spiro atoms. The number of benzene rings is 1. The smallest absolute Gasteiger partial charge is 0.496 e. The van der Waals surface area contributed by atoms with Gasteiger partial charge in [0, 0.05) is 57.1 Å². The van der Waals surface area contributed by atoms with Gasteiger partial charge in [0.15, 0.2) is 0 Å². The molecule has 3 fully saturated rings. The molecule has 30 heavy (non-hydrogen) atoms. The van der Waals surface area contributed by atoms with E-state index in [0.29, 0.717) is 0 Å². The highest BCUT2D eigenvalue weighted by atomic mass is 28.4. The number of aliphatic imine (C=N–C) groups is 1. The predicted octanol–water partition coefficient (Wildman–Crippen LogP) is 1.00. The van der Waals surface area contributed by atoms with Crippen LogP contribution in [0.2, 0.25) is 6.04 Å². The van der Waals surface area contributed by atoms with Crippen molar-refractivity contribution in [3.63, 3.8) is 0 Å². The first kappa shape index (κ1) is 23.3. The fraction of sp³-hybridized carbons (Fsp3) is 0.667. The number of fused-ring (bicyclic) bond motifs is 6. The van der Waals surface area contributed by atoms with Crippen molar-refractivity contribution in [2.45, 2.75) is 12.5 Å². The van der Waals surface area contributed by atoms with Crippen molar-refractivity contribution in [2.24, 2.45) is 4.99 Å². The molecule has 0 saturated carbocycles. The number of hydrogen-bond donors (Lipinski definition) is 2. The maximum atomic E-state index is 6.06. The Morgan fingerprint density at radius 2 is 1.67 bits per heavy atom. The highest BCUT2D eigenvalue weighted by molar-refractivity contribution is 6.60. The van der Waals surface area contributed by atoms with E-state index in [1.165, 1.54) is 0 Å². The fourth-order valence-electron chi connectivity index (χ4n) is 3.60. The normalized spacial score (nSPS) is 24.5. The lowest BCUT2D eigenvalue weighted by Gasteiger charge is -2.38. The van der Waals surface area contributed by atoms with E-state index in [1.54, 1.807) is 7.11 Å². The highest BCUT2D eigenvalue weighted by Crippen LogP contribution is 2.21. The van der Waals surface area contributed by atoms with Crippen molar-refractivity contribution in [2.75, 3.05) is 79.3 Å². The van der Waals surface area contributed by atoms with Gasteiger partial charge in [-0.15, -0.1) is 0 Å². The molecule has 0 radical (unpaired) electrons. The second-order valence-corrected chi connectivity index (χ2v) is 10.2. The summed E-state index contributed by atoms with van der Waals surface area (Å²) in [5.41, 5.74) is 1.01. The monoisotopic (exact) mass is 436 g/mol. The molecule has 3 aliphatic heterocycles.